The van der Waals surface area contributed by atoms with Crippen molar-refractivity contribution in [1.29, 1.82) is 0 Å². The summed E-state index contributed by atoms with van der Waals surface area (Å²) in [5.41, 5.74) is 0.871. The number of hydrogen-bond donors (Lipinski definition) is 1. The second kappa shape index (κ2) is 7.79. The molecule has 1 N–H and O–H groups in total. The van der Waals surface area contributed by atoms with Gasteiger partial charge in [0.2, 0.25) is 0 Å². The highest BCUT2D eigenvalue weighted by atomic mass is 16.5. The van der Waals surface area contributed by atoms with Crippen LogP contribution in [-0.2, 0) is 11.3 Å². The molecular formula is C13H20N2O3. The van der Waals surface area contributed by atoms with Gasteiger partial charge in [0.15, 0.2) is 5.69 Å². The van der Waals surface area contributed by atoms with Crippen LogP contribution < -0.4 is 0 Å². The van der Waals surface area contributed by atoms with Gasteiger partial charge in [0.1, 0.15) is 0 Å². The van der Waals surface area contributed by atoms with Gasteiger partial charge in [-0.25, -0.2) is 9.78 Å². The standard InChI is InChI=1S/C13H20N2O3/c1-3-15(8-9-18-4-2)10-11-6-5-7-14-12(11)13(16)17/h5-7H,3-4,8-10H2,1-2H3,(H,16,17). The minimum absolute atomic E-state index is 0.132. The zero-order chi connectivity index (χ0) is 13.4. The third-order valence-electron chi connectivity index (χ3n) is 2.69. The molecule has 0 aliphatic rings. The molecule has 0 amide bonds. The molecule has 1 heterocycles. The first-order chi connectivity index (χ1) is 8.69. The molecular weight excluding hydrogens is 232 g/mol. The Bertz CT molecular complexity index is 382. The van der Waals surface area contributed by atoms with E-state index in [0.717, 1.165) is 18.7 Å². The van der Waals surface area contributed by atoms with Crippen molar-refractivity contribution in [3.8, 4) is 0 Å². The van der Waals surface area contributed by atoms with Crippen molar-refractivity contribution in [2.24, 2.45) is 0 Å². The number of carbonyl (C=O) groups is 1. The Labute approximate surface area is 107 Å². The molecule has 0 spiro atoms. The van der Waals surface area contributed by atoms with Crippen LogP contribution in [0, 0.1) is 0 Å². The predicted molar refractivity (Wildman–Crippen MR) is 68.6 cm³/mol. The van der Waals surface area contributed by atoms with Crippen LogP contribution in [0.5, 0.6) is 0 Å². The van der Waals surface area contributed by atoms with Crippen LogP contribution in [0.1, 0.15) is 29.9 Å². The molecule has 1 aromatic heterocycles. The number of aromatic carboxylic acids is 1. The predicted octanol–water partition coefficient (Wildman–Crippen LogP) is 1.64. The summed E-state index contributed by atoms with van der Waals surface area (Å²) in [6.45, 7) is 7.58. The fourth-order valence-electron chi connectivity index (χ4n) is 1.69. The van der Waals surface area contributed by atoms with E-state index in [1.807, 2.05) is 13.8 Å². The molecule has 5 nitrogen and oxygen atoms in total. The number of carboxylic acids is 1. The summed E-state index contributed by atoms with van der Waals surface area (Å²) in [6, 6.07) is 3.57. The Morgan fingerprint density at radius 1 is 1.50 bits per heavy atom. The van der Waals surface area contributed by atoms with E-state index in [4.69, 9.17) is 9.84 Å². The Morgan fingerprint density at radius 2 is 2.28 bits per heavy atom. The number of rotatable bonds is 8. The molecule has 100 valence electrons. The molecule has 0 aromatic carbocycles. The molecule has 0 fully saturated rings. The SMILES string of the molecule is CCOCCN(CC)Cc1cccnc1C(=O)O. The van der Waals surface area contributed by atoms with Crippen LogP contribution in [0.3, 0.4) is 0 Å². The van der Waals surface area contributed by atoms with E-state index in [-0.39, 0.29) is 5.69 Å². The van der Waals surface area contributed by atoms with Gasteiger partial charge in [-0.05, 0) is 25.1 Å². The zero-order valence-electron chi connectivity index (χ0n) is 10.9. The highest BCUT2D eigenvalue weighted by molar-refractivity contribution is 5.86. The van der Waals surface area contributed by atoms with Gasteiger partial charge >= 0.3 is 5.97 Å². The molecule has 0 saturated carbocycles. The average molecular weight is 252 g/mol. The average Bonchev–Trinajstić information content (AvgIpc) is 2.38. The third kappa shape index (κ3) is 4.43. The van der Waals surface area contributed by atoms with Gasteiger partial charge < -0.3 is 9.84 Å². The topological polar surface area (TPSA) is 62.7 Å². The van der Waals surface area contributed by atoms with Crippen molar-refractivity contribution in [3.63, 3.8) is 0 Å². The minimum Gasteiger partial charge on any atom is -0.477 e. The molecule has 1 rings (SSSR count). The van der Waals surface area contributed by atoms with Gasteiger partial charge in [-0.3, -0.25) is 4.90 Å². The summed E-state index contributed by atoms with van der Waals surface area (Å²) in [7, 11) is 0. The number of aromatic nitrogens is 1. The van der Waals surface area contributed by atoms with Crippen LogP contribution in [-0.4, -0.2) is 47.3 Å². The van der Waals surface area contributed by atoms with Gasteiger partial charge in [0.05, 0.1) is 6.61 Å². The Balaban J connectivity index is 2.66. The lowest BCUT2D eigenvalue weighted by Gasteiger charge is -2.20. The fourth-order valence-corrected chi connectivity index (χ4v) is 1.69. The van der Waals surface area contributed by atoms with Crippen molar-refractivity contribution in [3.05, 3.63) is 29.6 Å². The molecule has 0 unspecified atom stereocenters. The number of carboxylic acid groups (broad SMARTS) is 1. The number of pyridine rings is 1. The molecule has 0 aliphatic carbocycles. The first-order valence-corrected chi connectivity index (χ1v) is 6.16. The molecule has 0 saturated heterocycles. The van der Waals surface area contributed by atoms with E-state index < -0.39 is 5.97 Å². The summed E-state index contributed by atoms with van der Waals surface area (Å²) in [5, 5.41) is 9.06. The molecule has 5 heteroatoms. The Kier molecular flexibility index (Phi) is 6.32. The van der Waals surface area contributed by atoms with E-state index in [1.165, 1.54) is 6.20 Å². The lowest BCUT2D eigenvalue weighted by atomic mass is 10.2. The first kappa shape index (κ1) is 14.6. The largest absolute Gasteiger partial charge is 0.477 e. The van der Waals surface area contributed by atoms with E-state index in [9.17, 15) is 4.79 Å². The fraction of sp³-hybridized carbons (Fsp3) is 0.538. The quantitative estimate of drug-likeness (QED) is 0.713. The summed E-state index contributed by atoms with van der Waals surface area (Å²) >= 11 is 0. The normalized spacial score (nSPS) is 10.8. The van der Waals surface area contributed by atoms with Gasteiger partial charge in [-0.15, -0.1) is 0 Å². The van der Waals surface area contributed by atoms with Gasteiger partial charge in [0.25, 0.3) is 0 Å². The summed E-state index contributed by atoms with van der Waals surface area (Å²) in [4.78, 5) is 17.1. The van der Waals surface area contributed by atoms with Crippen molar-refractivity contribution < 1.29 is 14.6 Å². The monoisotopic (exact) mass is 252 g/mol. The van der Waals surface area contributed by atoms with Gasteiger partial charge in [0, 0.05) is 25.9 Å². The van der Waals surface area contributed by atoms with Crippen molar-refractivity contribution in [2.75, 3.05) is 26.3 Å². The van der Waals surface area contributed by atoms with E-state index in [0.29, 0.717) is 19.8 Å². The maximum atomic E-state index is 11.0. The van der Waals surface area contributed by atoms with Crippen molar-refractivity contribution >= 4 is 5.97 Å². The maximum Gasteiger partial charge on any atom is 0.354 e. The lowest BCUT2D eigenvalue weighted by molar-refractivity contribution is 0.0687. The molecule has 0 aliphatic heterocycles. The van der Waals surface area contributed by atoms with Crippen LogP contribution in [0.25, 0.3) is 0 Å². The van der Waals surface area contributed by atoms with Crippen LogP contribution in [0.15, 0.2) is 18.3 Å². The molecule has 18 heavy (non-hydrogen) atoms. The molecule has 1 aromatic rings. The lowest BCUT2D eigenvalue weighted by Crippen LogP contribution is -2.28. The summed E-state index contributed by atoms with van der Waals surface area (Å²) < 4.78 is 5.31. The highest BCUT2D eigenvalue weighted by Crippen LogP contribution is 2.09. The second-order valence-electron chi connectivity index (χ2n) is 3.88. The third-order valence-corrected chi connectivity index (χ3v) is 2.69. The number of ether oxygens (including phenoxy) is 1. The molecule has 0 atom stereocenters. The maximum absolute atomic E-state index is 11.0. The smallest absolute Gasteiger partial charge is 0.354 e. The van der Waals surface area contributed by atoms with E-state index in [2.05, 4.69) is 9.88 Å². The van der Waals surface area contributed by atoms with Crippen LogP contribution >= 0.6 is 0 Å². The number of likely N-dealkylation sites (N-methyl/N-ethyl adjacent to an activating group) is 1. The van der Waals surface area contributed by atoms with Crippen molar-refractivity contribution in [2.45, 2.75) is 20.4 Å². The van der Waals surface area contributed by atoms with E-state index >= 15 is 0 Å². The second-order valence-corrected chi connectivity index (χ2v) is 3.88. The van der Waals surface area contributed by atoms with Gasteiger partial charge in [-0.2, -0.15) is 0 Å². The number of nitrogens with zero attached hydrogens (tertiary/aromatic N) is 2. The van der Waals surface area contributed by atoms with Crippen molar-refractivity contribution in [1.82, 2.24) is 9.88 Å². The van der Waals surface area contributed by atoms with E-state index in [1.54, 1.807) is 12.1 Å². The zero-order valence-corrected chi connectivity index (χ0v) is 10.9. The molecule has 0 bridgehead atoms. The first-order valence-electron chi connectivity index (χ1n) is 6.16. The van der Waals surface area contributed by atoms with Crippen LogP contribution in [0.2, 0.25) is 0 Å². The van der Waals surface area contributed by atoms with Gasteiger partial charge in [-0.1, -0.05) is 13.0 Å². The number of hydrogen-bond acceptors (Lipinski definition) is 4. The molecule has 0 radical (unpaired) electrons. The highest BCUT2D eigenvalue weighted by Gasteiger charge is 2.13. The summed E-state index contributed by atoms with van der Waals surface area (Å²) in [5.74, 6) is -0.980. The minimum atomic E-state index is -0.980. The van der Waals surface area contributed by atoms with Crippen LogP contribution in [0.4, 0.5) is 0 Å². The Morgan fingerprint density at radius 3 is 2.89 bits per heavy atom. The summed E-state index contributed by atoms with van der Waals surface area (Å²) in [6.07, 6.45) is 1.50. The Hall–Kier alpha value is -1.46.